The second kappa shape index (κ2) is 13.9. The summed E-state index contributed by atoms with van der Waals surface area (Å²) in [5.74, 6) is 0.944. The van der Waals surface area contributed by atoms with Gasteiger partial charge < -0.3 is 25.0 Å². The Kier molecular flexibility index (Phi) is 12.1. The maximum absolute atomic E-state index is 12.0. The maximum atomic E-state index is 12.0. The van der Waals surface area contributed by atoms with Crippen LogP contribution in [0, 0.1) is 0 Å². The molecule has 1 rings (SSSR count). The van der Waals surface area contributed by atoms with Crippen LogP contribution in [0.5, 0.6) is 0 Å². The summed E-state index contributed by atoms with van der Waals surface area (Å²) in [5.41, 5.74) is 0. The van der Waals surface area contributed by atoms with Crippen molar-refractivity contribution < 1.29 is 14.3 Å². The molecule has 2 N–H and O–H groups in total. The lowest BCUT2D eigenvalue weighted by Gasteiger charge is -2.22. The lowest BCUT2D eigenvalue weighted by atomic mass is 10.1. The van der Waals surface area contributed by atoms with Gasteiger partial charge in [0.15, 0.2) is 5.96 Å². The smallest absolute Gasteiger partial charge is 0.224 e. The van der Waals surface area contributed by atoms with E-state index in [0.717, 1.165) is 64.7 Å². The van der Waals surface area contributed by atoms with E-state index >= 15 is 0 Å². The largest absolute Gasteiger partial charge is 0.381 e. The number of hydrogen-bond acceptors (Lipinski definition) is 4. The van der Waals surface area contributed by atoms with Gasteiger partial charge in [0.25, 0.3) is 0 Å². The van der Waals surface area contributed by atoms with Crippen LogP contribution in [-0.2, 0) is 14.3 Å². The Balaban J connectivity index is 2.20. The van der Waals surface area contributed by atoms with Crippen LogP contribution in [0.25, 0.3) is 0 Å². The van der Waals surface area contributed by atoms with Gasteiger partial charge in [0.1, 0.15) is 0 Å². The third-order valence-electron chi connectivity index (χ3n) is 4.19. The van der Waals surface area contributed by atoms with Crippen LogP contribution in [0.4, 0.5) is 0 Å². The fourth-order valence-corrected chi connectivity index (χ4v) is 2.71. The molecule has 0 spiro atoms. The van der Waals surface area contributed by atoms with Gasteiger partial charge in [0.2, 0.25) is 5.91 Å². The number of carbonyl (C=O) groups excluding carboxylic acids is 1. The Bertz CT molecular complexity index is 381. The van der Waals surface area contributed by atoms with Crippen molar-refractivity contribution >= 4 is 11.9 Å². The predicted octanol–water partition coefficient (Wildman–Crippen LogP) is 1.39. The molecule has 0 aromatic rings. The SMILES string of the molecule is CCNC(=NCCCOC1CCOCC1)NCCC(=O)N(CC)CC. The summed E-state index contributed by atoms with van der Waals surface area (Å²) in [6.07, 6.45) is 3.71. The van der Waals surface area contributed by atoms with Gasteiger partial charge in [-0.05, 0) is 40.0 Å². The normalized spacial score (nSPS) is 15.9. The van der Waals surface area contributed by atoms with Crippen molar-refractivity contribution in [2.24, 2.45) is 4.99 Å². The molecular formula is C18H36N4O3. The van der Waals surface area contributed by atoms with Gasteiger partial charge in [-0.1, -0.05) is 0 Å². The molecular weight excluding hydrogens is 320 g/mol. The number of ether oxygens (including phenoxy) is 2. The lowest BCUT2D eigenvalue weighted by molar-refractivity contribution is -0.130. The highest BCUT2D eigenvalue weighted by atomic mass is 16.5. The van der Waals surface area contributed by atoms with Crippen molar-refractivity contribution in [3.63, 3.8) is 0 Å². The molecule has 1 aliphatic heterocycles. The Morgan fingerprint density at radius 2 is 1.92 bits per heavy atom. The number of amides is 1. The van der Waals surface area contributed by atoms with E-state index in [1.165, 1.54) is 0 Å². The van der Waals surface area contributed by atoms with Crippen LogP contribution in [0.1, 0.15) is 46.5 Å². The van der Waals surface area contributed by atoms with Crippen molar-refractivity contribution in [3.8, 4) is 0 Å². The van der Waals surface area contributed by atoms with Gasteiger partial charge in [-0.25, -0.2) is 0 Å². The number of rotatable bonds is 11. The molecule has 0 unspecified atom stereocenters. The molecule has 7 heteroatoms. The molecule has 0 saturated carbocycles. The minimum absolute atomic E-state index is 0.179. The highest BCUT2D eigenvalue weighted by Crippen LogP contribution is 2.10. The fourth-order valence-electron chi connectivity index (χ4n) is 2.71. The third kappa shape index (κ3) is 9.65. The minimum Gasteiger partial charge on any atom is -0.381 e. The van der Waals surface area contributed by atoms with Crippen molar-refractivity contribution in [2.75, 3.05) is 52.5 Å². The van der Waals surface area contributed by atoms with E-state index in [-0.39, 0.29) is 5.91 Å². The molecule has 0 aliphatic carbocycles. The first-order chi connectivity index (χ1) is 12.2. The predicted molar refractivity (Wildman–Crippen MR) is 101 cm³/mol. The summed E-state index contributed by atoms with van der Waals surface area (Å²) in [6.45, 7) is 12.0. The zero-order chi connectivity index (χ0) is 18.3. The molecule has 1 saturated heterocycles. The van der Waals surface area contributed by atoms with Crippen molar-refractivity contribution in [1.29, 1.82) is 0 Å². The Morgan fingerprint density at radius 3 is 2.56 bits per heavy atom. The Hall–Kier alpha value is -1.34. The molecule has 0 aromatic heterocycles. The zero-order valence-electron chi connectivity index (χ0n) is 16.2. The van der Waals surface area contributed by atoms with Crippen molar-refractivity contribution in [2.45, 2.75) is 52.6 Å². The van der Waals surface area contributed by atoms with Gasteiger partial charge in [0.05, 0.1) is 6.10 Å². The number of carbonyl (C=O) groups is 1. The van der Waals surface area contributed by atoms with Gasteiger partial charge in [-0.3, -0.25) is 9.79 Å². The zero-order valence-corrected chi connectivity index (χ0v) is 16.2. The second-order valence-electron chi connectivity index (χ2n) is 6.04. The van der Waals surface area contributed by atoms with Gasteiger partial charge in [-0.15, -0.1) is 0 Å². The molecule has 7 nitrogen and oxygen atoms in total. The first-order valence-electron chi connectivity index (χ1n) is 9.70. The van der Waals surface area contributed by atoms with Gasteiger partial charge >= 0.3 is 0 Å². The summed E-state index contributed by atoms with van der Waals surface area (Å²) in [6, 6.07) is 0. The summed E-state index contributed by atoms with van der Waals surface area (Å²) in [4.78, 5) is 18.4. The highest BCUT2D eigenvalue weighted by molar-refractivity contribution is 5.81. The number of nitrogens with zero attached hydrogens (tertiary/aromatic N) is 2. The number of guanidine groups is 1. The quantitative estimate of drug-likeness (QED) is 0.332. The molecule has 1 aliphatic rings. The fraction of sp³-hybridized carbons (Fsp3) is 0.889. The molecule has 0 radical (unpaired) electrons. The monoisotopic (exact) mass is 356 g/mol. The average molecular weight is 357 g/mol. The summed E-state index contributed by atoms with van der Waals surface area (Å²) in [7, 11) is 0. The first-order valence-corrected chi connectivity index (χ1v) is 9.70. The number of aliphatic imine (C=N–C) groups is 1. The summed E-state index contributed by atoms with van der Waals surface area (Å²) in [5, 5.41) is 6.44. The van der Waals surface area contributed by atoms with E-state index < -0.39 is 0 Å². The van der Waals surface area contributed by atoms with Crippen LogP contribution in [0.15, 0.2) is 4.99 Å². The molecule has 0 aromatic carbocycles. The third-order valence-corrected chi connectivity index (χ3v) is 4.19. The van der Waals surface area contributed by atoms with Crippen LogP contribution in [-0.4, -0.2) is 75.4 Å². The van der Waals surface area contributed by atoms with Gasteiger partial charge in [-0.2, -0.15) is 0 Å². The molecule has 0 bridgehead atoms. The summed E-state index contributed by atoms with van der Waals surface area (Å²) >= 11 is 0. The van der Waals surface area contributed by atoms with E-state index in [4.69, 9.17) is 9.47 Å². The maximum Gasteiger partial charge on any atom is 0.224 e. The molecule has 1 amide bonds. The minimum atomic E-state index is 0.179. The Labute approximate surface area is 152 Å². The topological polar surface area (TPSA) is 75.2 Å². The van der Waals surface area contributed by atoms with Crippen LogP contribution < -0.4 is 10.6 Å². The van der Waals surface area contributed by atoms with Crippen LogP contribution in [0.3, 0.4) is 0 Å². The standard InChI is InChI=1S/C18H36N4O3/c1-4-19-18(21-12-8-17(23)22(5-2)6-3)20-11-7-13-25-16-9-14-24-15-10-16/h16H,4-15H2,1-3H3,(H2,19,20,21). The molecule has 1 heterocycles. The number of nitrogens with one attached hydrogen (secondary N) is 2. The highest BCUT2D eigenvalue weighted by Gasteiger charge is 2.13. The number of hydrogen-bond donors (Lipinski definition) is 2. The van der Waals surface area contributed by atoms with Crippen LogP contribution in [0.2, 0.25) is 0 Å². The van der Waals surface area contributed by atoms with Gasteiger partial charge in [0, 0.05) is 59.0 Å². The molecule has 0 atom stereocenters. The van der Waals surface area contributed by atoms with Crippen LogP contribution >= 0.6 is 0 Å². The van der Waals surface area contributed by atoms with E-state index in [2.05, 4.69) is 15.6 Å². The van der Waals surface area contributed by atoms with Crippen molar-refractivity contribution in [1.82, 2.24) is 15.5 Å². The second-order valence-corrected chi connectivity index (χ2v) is 6.04. The van der Waals surface area contributed by atoms with E-state index in [1.807, 2.05) is 25.7 Å². The van der Waals surface area contributed by atoms with E-state index in [9.17, 15) is 4.79 Å². The Morgan fingerprint density at radius 1 is 1.20 bits per heavy atom. The van der Waals surface area contributed by atoms with E-state index in [0.29, 0.717) is 25.6 Å². The lowest BCUT2D eigenvalue weighted by Crippen LogP contribution is -2.40. The summed E-state index contributed by atoms with van der Waals surface area (Å²) < 4.78 is 11.2. The molecule has 25 heavy (non-hydrogen) atoms. The molecule has 146 valence electrons. The average Bonchev–Trinajstić information content (AvgIpc) is 2.63. The van der Waals surface area contributed by atoms with Crippen molar-refractivity contribution in [3.05, 3.63) is 0 Å². The first kappa shape index (κ1) is 21.7. The molecule has 1 fully saturated rings. The van der Waals surface area contributed by atoms with E-state index in [1.54, 1.807) is 0 Å².